The van der Waals surface area contributed by atoms with Crippen LogP contribution in [0.15, 0.2) is 91.0 Å². The Balaban J connectivity index is 1.72. The molecule has 0 aromatic heterocycles. The lowest BCUT2D eigenvalue weighted by atomic mass is 9.80. The average molecular weight is 404 g/mol. The van der Waals surface area contributed by atoms with Crippen molar-refractivity contribution in [1.82, 2.24) is 4.90 Å². The van der Waals surface area contributed by atoms with Crippen molar-refractivity contribution in [2.75, 3.05) is 26.4 Å². The van der Waals surface area contributed by atoms with Gasteiger partial charge in [0.2, 0.25) is 0 Å². The lowest BCUT2D eigenvalue weighted by Gasteiger charge is -2.38. The zero-order valence-electron chi connectivity index (χ0n) is 17.6. The van der Waals surface area contributed by atoms with Crippen LogP contribution >= 0.6 is 0 Å². The van der Waals surface area contributed by atoms with Gasteiger partial charge >= 0.3 is 0 Å². The molecular weight excluding hydrogens is 373 g/mol. The first-order valence-corrected chi connectivity index (χ1v) is 10.8. The molecule has 3 aromatic carbocycles. The van der Waals surface area contributed by atoms with E-state index in [2.05, 4.69) is 84.6 Å². The third-order valence-electron chi connectivity index (χ3n) is 6.24. The summed E-state index contributed by atoms with van der Waals surface area (Å²) in [6.45, 7) is 4.28. The molecular formula is C27H30FNO. The van der Waals surface area contributed by atoms with E-state index in [-0.39, 0.29) is 18.6 Å². The van der Waals surface area contributed by atoms with Gasteiger partial charge < -0.3 is 4.74 Å². The van der Waals surface area contributed by atoms with Crippen molar-refractivity contribution in [2.45, 2.75) is 25.0 Å². The van der Waals surface area contributed by atoms with Gasteiger partial charge in [-0.15, -0.1) is 0 Å². The van der Waals surface area contributed by atoms with Crippen molar-refractivity contribution in [3.63, 3.8) is 0 Å². The summed E-state index contributed by atoms with van der Waals surface area (Å²) in [5, 5.41) is 0. The number of alkyl halides is 1. The third kappa shape index (κ3) is 4.19. The van der Waals surface area contributed by atoms with Gasteiger partial charge in [0, 0.05) is 18.5 Å². The van der Waals surface area contributed by atoms with Gasteiger partial charge in [-0.25, -0.2) is 0 Å². The highest BCUT2D eigenvalue weighted by Crippen LogP contribution is 2.40. The van der Waals surface area contributed by atoms with E-state index in [9.17, 15) is 4.39 Å². The highest BCUT2D eigenvalue weighted by atomic mass is 19.1. The Morgan fingerprint density at radius 3 is 1.73 bits per heavy atom. The second-order valence-electron chi connectivity index (χ2n) is 8.24. The molecule has 3 heteroatoms. The van der Waals surface area contributed by atoms with Crippen LogP contribution in [0, 0.1) is 5.92 Å². The molecule has 0 N–H and O–H groups in total. The SMILES string of the molecule is C[C@@H](COC(c1ccccc1)(c1ccccc1)c1ccccc1)N1CC[C@@H](CF)C1. The Bertz CT molecular complexity index is 803. The topological polar surface area (TPSA) is 12.5 Å². The molecule has 0 radical (unpaired) electrons. The smallest absolute Gasteiger partial charge is 0.143 e. The maximum atomic E-state index is 13.1. The first-order valence-electron chi connectivity index (χ1n) is 10.8. The molecule has 4 rings (SSSR count). The zero-order chi connectivity index (χ0) is 20.8. The van der Waals surface area contributed by atoms with Gasteiger partial charge in [0.05, 0.1) is 13.3 Å². The number of nitrogens with zero attached hydrogens (tertiary/aromatic N) is 1. The molecule has 0 aliphatic carbocycles. The molecule has 3 aromatic rings. The van der Waals surface area contributed by atoms with E-state index in [0.29, 0.717) is 6.61 Å². The first-order chi connectivity index (χ1) is 14.7. The van der Waals surface area contributed by atoms with Crippen LogP contribution in [0.5, 0.6) is 0 Å². The molecule has 1 aliphatic heterocycles. The summed E-state index contributed by atoms with van der Waals surface area (Å²) >= 11 is 0. The number of ether oxygens (including phenoxy) is 1. The summed E-state index contributed by atoms with van der Waals surface area (Å²) in [5.41, 5.74) is 2.63. The molecule has 156 valence electrons. The Hall–Kier alpha value is -2.49. The normalized spacial score (nSPS) is 18.4. The molecule has 1 heterocycles. The summed E-state index contributed by atoms with van der Waals surface area (Å²) in [5.74, 6) is 0.162. The van der Waals surface area contributed by atoms with Crippen LogP contribution in [-0.4, -0.2) is 37.3 Å². The van der Waals surface area contributed by atoms with Gasteiger partial charge in [-0.1, -0.05) is 91.0 Å². The average Bonchev–Trinajstić information content (AvgIpc) is 3.31. The van der Waals surface area contributed by atoms with E-state index in [4.69, 9.17) is 4.74 Å². The minimum Gasteiger partial charge on any atom is -0.359 e. The van der Waals surface area contributed by atoms with Gasteiger partial charge in [-0.3, -0.25) is 9.29 Å². The summed E-state index contributed by atoms with van der Waals surface area (Å²) in [4.78, 5) is 2.36. The van der Waals surface area contributed by atoms with Gasteiger partial charge in [0.25, 0.3) is 0 Å². The Morgan fingerprint density at radius 2 is 1.33 bits per heavy atom. The molecule has 1 saturated heterocycles. The fraction of sp³-hybridized carbons (Fsp3) is 0.333. The second kappa shape index (κ2) is 9.55. The molecule has 0 bridgehead atoms. The lowest BCUT2D eigenvalue weighted by molar-refractivity contribution is -0.0165. The molecule has 2 atom stereocenters. The number of likely N-dealkylation sites (tertiary alicyclic amines) is 1. The van der Waals surface area contributed by atoms with Crippen LogP contribution in [0.2, 0.25) is 0 Å². The Labute approximate surface area is 179 Å². The number of rotatable bonds is 8. The number of hydrogen-bond acceptors (Lipinski definition) is 2. The monoisotopic (exact) mass is 403 g/mol. The summed E-state index contributed by atoms with van der Waals surface area (Å²) in [6, 6.07) is 31.5. The van der Waals surface area contributed by atoms with Crippen LogP contribution in [0.3, 0.4) is 0 Å². The molecule has 1 aliphatic rings. The van der Waals surface area contributed by atoms with Gasteiger partial charge in [-0.2, -0.15) is 0 Å². The van der Waals surface area contributed by atoms with Gasteiger partial charge in [0.1, 0.15) is 5.60 Å². The van der Waals surface area contributed by atoms with Crippen molar-refractivity contribution in [3.05, 3.63) is 108 Å². The molecule has 0 saturated carbocycles. The standard InChI is InChI=1S/C27H30FNO/c1-22(29-18-17-23(19-28)20-29)21-30-27(24-11-5-2-6-12-24,25-13-7-3-8-14-25)26-15-9-4-10-16-26/h2-16,22-23H,17-21H2,1H3/t22-,23-/m0/s1. The fourth-order valence-corrected chi connectivity index (χ4v) is 4.51. The van der Waals surface area contributed by atoms with Crippen LogP contribution in [-0.2, 0) is 10.3 Å². The minimum atomic E-state index is -0.697. The van der Waals surface area contributed by atoms with Crippen molar-refractivity contribution >= 4 is 0 Å². The van der Waals surface area contributed by atoms with Crippen LogP contribution in [0.1, 0.15) is 30.0 Å². The molecule has 0 unspecified atom stereocenters. The van der Waals surface area contributed by atoms with Crippen LogP contribution in [0.4, 0.5) is 4.39 Å². The van der Waals surface area contributed by atoms with E-state index in [0.717, 1.165) is 36.2 Å². The van der Waals surface area contributed by atoms with E-state index in [1.165, 1.54) is 0 Å². The van der Waals surface area contributed by atoms with Gasteiger partial charge in [0.15, 0.2) is 0 Å². The third-order valence-corrected chi connectivity index (χ3v) is 6.24. The number of halogens is 1. The molecule has 2 nitrogen and oxygen atoms in total. The van der Waals surface area contributed by atoms with E-state index in [1.54, 1.807) is 0 Å². The molecule has 0 spiro atoms. The largest absolute Gasteiger partial charge is 0.359 e. The summed E-state index contributed by atoms with van der Waals surface area (Å²) in [7, 11) is 0. The van der Waals surface area contributed by atoms with Crippen LogP contribution in [0.25, 0.3) is 0 Å². The highest BCUT2D eigenvalue weighted by Gasteiger charge is 2.38. The maximum Gasteiger partial charge on any atom is 0.143 e. The van der Waals surface area contributed by atoms with Gasteiger partial charge in [-0.05, 0) is 36.6 Å². The quantitative estimate of drug-likeness (QED) is 0.449. The number of benzene rings is 3. The minimum absolute atomic E-state index is 0.162. The van der Waals surface area contributed by atoms with Crippen LogP contribution < -0.4 is 0 Å². The maximum absolute atomic E-state index is 13.1. The van der Waals surface area contributed by atoms with E-state index < -0.39 is 5.60 Å². The lowest BCUT2D eigenvalue weighted by Crippen LogP contribution is -2.40. The first kappa shape index (κ1) is 20.8. The van der Waals surface area contributed by atoms with Crippen molar-refractivity contribution in [2.24, 2.45) is 5.92 Å². The zero-order valence-corrected chi connectivity index (χ0v) is 17.6. The predicted octanol–water partition coefficient (Wildman–Crippen LogP) is 5.68. The second-order valence-corrected chi connectivity index (χ2v) is 8.24. The Morgan fingerprint density at radius 1 is 0.867 bits per heavy atom. The van der Waals surface area contributed by atoms with Crippen molar-refractivity contribution < 1.29 is 9.13 Å². The molecule has 0 amide bonds. The van der Waals surface area contributed by atoms with E-state index in [1.807, 2.05) is 18.2 Å². The Kier molecular flexibility index (Phi) is 6.61. The molecule has 30 heavy (non-hydrogen) atoms. The van der Waals surface area contributed by atoms with Crippen molar-refractivity contribution in [3.8, 4) is 0 Å². The molecule has 1 fully saturated rings. The van der Waals surface area contributed by atoms with E-state index >= 15 is 0 Å². The van der Waals surface area contributed by atoms with Crippen molar-refractivity contribution in [1.29, 1.82) is 0 Å². The fourth-order valence-electron chi connectivity index (χ4n) is 4.51. The summed E-state index contributed by atoms with van der Waals surface area (Å²) < 4.78 is 20.0. The number of hydrogen-bond donors (Lipinski definition) is 0. The summed E-state index contributed by atoms with van der Waals surface area (Å²) in [6.07, 6.45) is 0.933. The predicted molar refractivity (Wildman–Crippen MR) is 120 cm³/mol. The highest BCUT2D eigenvalue weighted by molar-refractivity contribution is 5.47.